The minimum atomic E-state index is -0.0370. The molecule has 0 aliphatic heterocycles. The van der Waals surface area contributed by atoms with E-state index in [1.165, 1.54) is 12.1 Å². The van der Waals surface area contributed by atoms with Gasteiger partial charge in [0, 0.05) is 0 Å². The maximum Gasteiger partial charge on any atom is 0.127 e. The van der Waals surface area contributed by atoms with Crippen molar-refractivity contribution in [1.29, 1.82) is 0 Å². The SMILES string of the molecule is Oc1[c]c(O)ccc1. The summed E-state index contributed by atoms with van der Waals surface area (Å²) in [6.07, 6.45) is 0. The van der Waals surface area contributed by atoms with Crippen LogP contribution in [0, 0.1) is 6.07 Å². The molecular formula is C6H5O2. The summed E-state index contributed by atoms with van der Waals surface area (Å²) in [7, 11) is 0. The number of phenolic OH excluding ortho intramolecular Hbond substituents is 2. The van der Waals surface area contributed by atoms with Crippen molar-refractivity contribution < 1.29 is 10.2 Å². The molecule has 2 heteroatoms. The fourth-order valence-corrected chi connectivity index (χ4v) is 0.445. The van der Waals surface area contributed by atoms with E-state index in [1.54, 1.807) is 6.07 Å². The van der Waals surface area contributed by atoms with Gasteiger partial charge in [0.1, 0.15) is 11.5 Å². The topological polar surface area (TPSA) is 40.5 Å². The molecule has 0 atom stereocenters. The van der Waals surface area contributed by atoms with E-state index in [4.69, 9.17) is 10.2 Å². The number of aromatic hydroxyl groups is 2. The van der Waals surface area contributed by atoms with Crippen molar-refractivity contribution in [3.05, 3.63) is 24.3 Å². The molecule has 0 aromatic heterocycles. The van der Waals surface area contributed by atoms with Crippen LogP contribution >= 0.6 is 0 Å². The highest BCUT2D eigenvalue weighted by Crippen LogP contribution is 2.13. The molecule has 0 saturated heterocycles. The summed E-state index contributed by atoms with van der Waals surface area (Å²) >= 11 is 0. The molecule has 2 N–H and O–H groups in total. The third kappa shape index (κ3) is 0.904. The predicted molar refractivity (Wildman–Crippen MR) is 28.6 cm³/mol. The Kier molecular flexibility index (Phi) is 1.08. The van der Waals surface area contributed by atoms with Crippen molar-refractivity contribution in [3.8, 4) is 11.5 Å². The van der Waals surface area contributed by atoms with Gasteiger partial charge in [-0.1, -0.05) is 6.07 Å². The van der Waals surface area contributed by atoms with Crippen LogP contribution in [0.1, 0.15) is 0 Å². The standard InChI is InChI=1S/C6H5O2/c7-5-2-1-3-6(8)4-5/h1-3,7-8H. The highest BCUT2D eigenvalue weighted by Gasteiger charge is 1.86. The van der Waals surface area contributed by atoms with Crippen molar-refractivity contribution in [1.82, 2.24) is 0 Å². The number of phenols is 2. The van der Waals surface area contributed by atoms with Crippen LogP contribution in [0.15, 0.2) is 18.2 Å². The summed E-state index contributed by atoms with van der Waals surface area (Å²) < 4.78 is 0. The Hall–Kier alpha value is -1.18. The summed E-state index contributed by atoms with van der Waals surface area (Å²) in [5.41, 5.74) is 0. The Labute approximate surface area is 47.0 Å². The second-order valence-corrected chi connectivity index (χ2v) is 1.42. The largest absolute Gasteiger partial charge is 0.507 e. The molecule has 1 rings (SSSR count). The van der Waals surface area contributed by atoms with Crippen molar-refractivity contribution in [2.75, 3.05) is 0 Å². The van der Waals surface area contributed by atoms with Gasteiger partial charge < -0.3 is 10.2 Å². The highest BCUT2D eigenvalue weighted by molar-refractivity contribution is 5.28. The molecule has 0 saturated carbocycles. The quantitative estimate of drug-likeness (QED) is 0.519. The molecule has 1 aromatic rings. The number of hydrogen-bond donors (Lipinski definition) is 2. The first-order chi connectivity index (χ1) is 3.79. The summed E-state index contributed by atoms with van der Waals surface area (Å²) in [6, 6.07) is 6.71. The average Bonchev–Trinajstić information content (AvgIpc) is 1.64. The fourth-order valence-electron chi connectivity index (χ4n) is 0.445. The smallest absolute Gasteiger partial charge is 0.127 e. The number of benzene rings is 1. The van der Waals surface area contributed by atoms with Crippen molar-refractivity contribution in [2.45, 2.75) is 0 Å². The molecule has 1 radical (unpaired) electrons. The van der Waals surface area contributed by atoms with Crippen LogP contribution in [0.3, 0.4) is 0 Å². The average molecular weight is 109 g/mol. The van der Waals surface area contributed by atoms with Crippen LogP contribution < -0.4 is 0 Å². The zero-order valence-corrected chi connectivity index (χ0v) is 4.13. The van der Waals surface area contributed by atoms with Gasteiger partial charge in [-0.3, -0.25) is 0 Å². The minimum absolute atomic E-state index is 0.0370. The van der Waals surface area contributed by atoms with Gasteiger partial charge in [-0.05, 0) is 12.1 Å². The molecule has 0 aliphatic rings. The van der Waals surface area contributed by atoms with E-state index in [-0.39, 0.29) is 11.5 Å². The van der Waals surface area contributed by atoms with Crippen LogP contribution in [-0.4, -0.2) is 10.2 Å². The van der Waals surface area contributed by atoms with Crippen molar-refractivity contribution in [3.63, 3.8) is 0 Å². The lowest BCUT2D eigenvalue weighted by atomic mass is 10.3. The molecule has 1 aromatic carbocycles. The van der Waals surface area contributed by atoms with Gasteiger partial charge in [-0.25, -0.2) is 0 Å². The third-order valence-electron chi connectivity index (χ3n) is 0.764. The number of hydrogen-bond acceptors (Lipinski definition) is 2. The molecule has 8 heavy (non-hydrogen) atoms. The first-order valence-corrected chi connectivity index (χ1v) is 2.19. The Balaban J connectivity index is 3.08. The summed E-state index contributed by atoms with van der Waals surface area (Å²) in [5.74, 6) is -0.0741. The van der Waals surface area contributed by atoms with Gasteiger partial charge in [0.2, 0.25) is 0 Å². The minimum Gasteiger partial charge on any atom is -0.507 e. The Bertz CT molecular complexity index is 166. The lowest BCUT2D eigenvalue weighted by molar-refractivity contribution is 0.448. The van der Waals surface area contributed by atoms with Gasteiger partial charge in [0.25, 0.3) is 0 Å². The van der Waals surface area contributed by atoms with Crippen LogP contribution in [0.2, 0.25) is 0 Å². The summed E-state index contributed by atoms with van der Waals surface area (Å²) in [6.45, 7) is 0. The second-order valence-electron chi connectivity index (χ2n) is 1.42. The molecule has 2 nitrogen and oxygen atoms in total. The maximum absolute atomic E-state index is 8.60. The Morgan fingerprint density at radius 3 is 1.88 bits per heavy atom. The van der Waals surface area contributed by atoms with E-state index in [0.717, 1.165) is 0 Å². The van der Waals surface area contributed by atoms with Gasteiger partial charge in [0.15, 0.2) is 0 Å². The second kappa shape index (κ2) is 1.74. The van der Waals surface area contributed by atoms with Crippen LogP contribution in [0.25, 0.3) is 0 Å². The molecule has 0 amide bonds. The van der Waals surface area contributed by atoms with Crippen LogP contribution in [-0.2, 0) is 0 Å². The van der Waals surface area contributed by atoms with E-state index in [9.17, 15) is 0 Å². The lowest BCUT2D eigenvalue weighted by Crippen LogP contribution is -1.63. The monoisotopic (exact) mass is 109 g/mol. The van der Waals surface area contributed by atoms with Gasteiger partial charge in [-0.2, -0.15) is 0 Å². The highest BCUT2D eigenvalue weighted by atomic mass is 16.3. The lowest BCUT2D eigenvalue weighted by Gasteiger charge is -1.88. The predicted octanol–water partition coefficient (Wildman–Crippen LogP) is 0.898. The van der Waals surface area contributed by atoms with E-state index >= 15 is 0 Å². The third-order valence-corrected chi connectivity index (χ3v) is 0.764. The number of rotatable bonds is 0. The fraction of sp³-hybridized carbons (Fsp3) is 0. The maximum atomic E-state index is 8.60. The van der Waals surface area contributed by atoms with Crippen LogP contribution in [0.5, 0.6) is 11.5 Å². The van der Waals surface area contributed by atoms with E-state index in [0.29, 0.717) is 0 Å². The molecule has 0 fully saturated rings. The molecule has 0 spiro atoms. The molecular weight excluding hydrogens is 104 g/mol. The normalized spacial score (nSPS) is 9.00. The van der Waals surface area contributed by atoms with Gasteiger partial charge in [-0.15, -0.1) is 0 Å². The summed E-state index contributed by atoms with van der Waals surface area (Å²) in [4.78, 5) is 0. The van der Waals surface area contributed by atoms with Gasteiger partial charge >= 0.3 is 0 Å². The van der Waals surface area contributed by atoms with Gasteiger partial charge in [0.05, 0.1) is 6.07 Å². The van der Waals surface area contributed by atoms with E-state index < -0.39 is 0 Å². The Morgan fingerprint density at radius 2 is 1.62 bits per heavy atom. The van der Waals surface area contributed by atoms with Crippen LogP contribution in [0.4, 0.5) is 0 Å². The molecule has 0 heterocycles. The zero-order valence-electron chi connectivity index (χ0n) is 4.13. The zero-order chi connectivity index (χ0) is 5.98. The molecule has 0 bridgehead atoms. The van der Waals surface area contributed by atoms with Crippen molar-refractivity contribution in [2.24, 2.45) is 0 Å². The summed E-state index contributed by atoms with van der Waals surface area (Å²) in [5, 5.41) is 17.2. The first-order valence-electron chi connectivity index (χ1n) is 2.19. The molecule has 0 aliphatic carbocycles. The van der Waals surface area contributed by atoms with Crippen molar-refractivity contribution >= 4 is 0 Å². The molecule has 0 unspecified atom stereocenters. The van der Waals surface area contributed by atoms with E-state index in [1.807, 2.05) is 0 Å². The van der Waals surface area contributed by atoms with E-state index in [2.05, 4.69) is 6.07 Å². The first kappa shape index (κ1) is 4.97. The Morgan fingerprint density at radius 1 is 1.12 bits per heavy atom. The molecule has 41 valence electrons.